The van der Waals surface area contributed by atoms with Gasteiger partial charge in [0.05, 0.1) is 38.2 Å². The average Bonchev–Trinajstić information content (AvgIpc) is 2.76. The molecule has 0 aromatic carbocycles. The van der Waals surface area contributed by atoms with Crippen molar-refractivity contribution in [3.05, 3.63) is 12.3 Å². The molecule has 33 heavy (non-hydrogen) atoms. The largest absolute Gasteiger partial charge is 0.492 e. The Morgan fingerprint density at radius 1 is 1.24 bits per heavy atom. The molecule has 1 spiro atoms. The van der Waals surface area contributed by atoms with E-state index in [2.05, 4.69) is 0 Å². The van der Waals surface area contributed by atoms with Crippen molar-refractivity contribution in [2.45, 2.75) is 75.6 Å². The number of hydrogen-bond acceptors (Lipinski definition) is 13. The van der Waals surface area contributed by atoms with Crippen LogP contribution in [0.1, 0.15) is 27.2 Å². The van der Waals surface area contributed by atoms with Gasteiger partial charge < -0.3 is 49.5 Å². The first-order valence-electron chi connectivity index (χ1n) is 10.4. The van der Waals surface area contributed by atoms with Crippen LogP contribution in [0.2, 0.25) is 0 Å². The van der Waals surface area contributed by atoms with E-state index in [1.165, 1.54) is 6.26 Å². The van der Waals surface area contributed by atoms with Crippen LogP contribution in [0, 0.1) is 0 Å². The third-order valence-electron chi connectivity index (χ3n) is 5.15. The maximum absolute atomic E-state index is 12.9. The number of hydrogen-bond donors (Lipinski definition) is 4. The second kappa shape index (κ2) is 11.7. The lowest BCUT2D eigenvalue weighted by Crippen LogP contribution is -2.69. The van der Waals surface area contributed by atoms with Gasteiger partial charge in [0.25, 0.3) is 5.79 Å². The first kappa shape index (κ1) is 27.0. The number of carbonyl (C=O) groups excluding carboxylic acids is 3. The topological polar surface area (TPSA) is 193 Å². The maximum Gasteiger partial charge on any atom is 0.367 e. The molecule has 188 valence electrons. The van der Waals surface area contributed by atoms with E-state index in [0.717, 1.165) is 13.8 Å². The Morgan fingerprint density at radius 3 is 2.42 bits per heavy atom. The molecule has 13 nitrogen and oxygen atoms in total. The average molecular weight is 477 g/mol. The molecule has 2 unspecified atom stereocenters. The molecule has 2 saturated heterocycles. The maximum atomic E-state index is 12.9. The Balaban J connectivity index is 2.29. The fraction of sp³-hybridized carbons (Fsp3) is 0.750. The standard InChI is InChI=1S/C20H31NO12/c1-4-5-28-13(7-22)15-9-29-20(19(27)32-15)6-12(26)16(21)18(33-20)17(31-11(3)25)14(8-23)30-10(2)24/h4-5,12-18,22-23,26H,6-9,21H2,1-3H3/b5-4-/t12-,13?,14-,15-,16-,17-,18?,20-/m1/s1. The molecular weight excluding hydrogens is 446 g/mol. The van der Waals surface area contributed by atoms with Crippen molar-refractivity contribution in [1.29, 1.82) is 0 Å². The van der Waals surface area contributed by atoms with E-state index in [1.807, 2.05) is 0 Å². The zero-order valence-electron chi connectivity index (χ0n) is 18.6. The van der Waals surface area contributed by atoms with Gasteiger partial charge in [-0.15, -0.1) is 0 Å². The molecule has 2 aliphatic heterocycles. The Bertz CT molecular complexity index is 730. The number of carbonyl (C=O) groups is 3. The number of nitrogens with two attached hydrogens (primary N) is 1. The molecule has 8 atom stereocenters. The predicted octanol–water partition coefficient (Wildman–Crippen LogP) is -2.13. The molecule has 2 rings (SSSR count). The van der Waals surface area contributed by atoms with Crippen LogP contribution in [0.4, 0.5) is 0 Å². The van der Waals surface area contributed by atoms with Crippen LogP contribution in [0.3, 0.4) is 0 Å². The molecule has 0 aromatic heterocycles. The SMILES string of the molecule is C/C=C\OC(CO)[C@H]1CO[C@@]2(C[C@@H](O)[C@@H](N)C([C@H](OC(C)=O)[C@@H](CO)OC(C)=O)O2)C(=O)O1. The van der Waals surface area contributed by atoms with E-state index in [-0.39, 0.29) is 6.61 Å². The number of esters is 3. The Kier molecular flexibility index (Phi) is 9.57. The number of aliphatic hydroxyl groups is 3. The minimum atomic E-state index is -2.12. The highest BCUT2D eigenvalue weighted by Gasteiger charge is 2.59. The van der Waals surface area contributed by atoms with Crippen LogP contribution < -0.4 is 5.73 Å². The van der Waals surface area contributed by atoms with Gasteiger partial charge in [-0.25, -0.2) is 4.79 Å². The highest BCUT2D eigenvalue weighted by atomic mass is 16.8. The number of rotatable bonds is 9. The lowest BCUT2D eigenvalue weighted by Gasteiger charge is -2.49. The van der Waals surface area contributed by atoms with Gasteiger partial charge in [0.1, 0.15) is 6.10 Å². The molecule has 5 N–H and O–H groups in total. The molecular formula is C20H31NO12. The minimum Gasteiger partial charge on any atom is -0.492 e. The Labute approximate surface area is 190 Å². The van der Waals surface area contributed by atoms with Gasteiger partial charge in [0, 0.05) is 20.3 Å². The van der Waals surface area contributed by atoms with Gasteiger partial charge >= 0.3 is 17.9 Å². The summed E-state index contributed by atoms with van der Waals surface area (Å²) >= 11 is 0. The quantitative estimate of drug-likeness (QED) is 0.160. The van der Waals surface area contributed by atoms with Crippen LogP contribution in [0.25, 0.3) is 0 Å². The monoisotopic (exact) mass is 477 g/mol. The van der Waals surface area contributed by atoms with Crippen molar-refractivity contribution in [3.8, 4) is 0 Å². The highest BCUT2D eigenvalue weighted by Crippen LogP contribution is 2.37. The van der Waals surface area contributed by atoms with Gasteiger partial charge in [-0.05, 0) is 6.92 Å². The second-order valence-corrected chi connectivity index (χ2v) is 7.67. The molecule has 2 heterocycles. The number of allylic oxidation sites excluding steroid dienone is 1. The van der Waals surface area contributed by atoms with E-state index in [4.69, 9.17) is 34.2 Å². The van der Waals surface area contributed by atoms with Crippen LogP contribution >= 0.6 is 0 Å². The van der Waals surface area contributed by atoms with Crippen molar-refractivity contribution in [2.75, 3.05) is 19.8 Å². The second-order valence-electron chi connectivity index (χ2n) is 7.67. The normalized spacial score (nSPS) is 32.6. The summed E-state index contributed by atoms with van der Waals surface area (Å²) in [6.45, 7) is 2.37. The van der Waals surface area contributed by atoms with Crippen LogP contribution in [0.15, 0.2) is 12.3 Å². The highest BCUT2D eigenvalue weighted by molar-refractivity contribution is 5.79. The molecule has 2 fully saturated rings. The summed E-state index contributed by atoms with van der Waals surface area (Å²) in [5.41, 5.74) is 6.05. The molecule has 0 saturated carbocycles. The Morgan fingerprint density at radius 2 is 1.91 bits per heavy atom. The molecule has 0 aromatic rings. The molecule has 0 aliphatic carbocycles. The third-order valence-corrected chi connectivity index (χ3v) is 5.15. The number of aliphatic hydroxyl groups excluding tert-OH is 3. The van der Waals surface area contributed by atoms with Crippen LogP contribution in [-0.2, 0) is 42.8 Å². The van der Waals surface area contributed by atoms with Gasteiger partial charge in [0.15, 0.2) is 24.4 Å². The van der Waals surface area contributed by atoms with E-state index < -0.39 is 86.0 Å². The molecule has 13 heteroatoms. The van der Waals surface area contributed by atoms with Crippen LogP contribution in [-0.4, -0.2) is 102 Å². The summed E-state index contributed by atoms with van der Waals surface area (Å²) in [6, 6.07) is -1.21. The zero-order valence-corrected chi connectivity index (χ0v) is 18.6. The van der Waals surface area contributed by atoms with Crippen molar-refractivity contribution in [2.24, 2.45) is 5.73 Å². The van der Waals surface area contributed by atoms with Gasteiger partial charge in [-0.1, -0.05) is 6.08 Å². The fourth-order valence-electron chi connectivity index (χ4n) is 3.60. The van der Waals surface area contributed by atoms with E-state index in [1.54, 1.807) is 13.0 Å². The summed E-state index contributed by atoms with van der Waals surface area (Å²) in [5.74, 6) is -4.73. The van der Waals surface area contributed by atoms with E-state index in [0.29, 0.717) is 0 Å². The van der Waals surface area contributed by atoms with Gasteiger partial charge in [0.2, 0.25) is 0 Å². The summed E-state index contributed by atoms with van der Waals surface area (Å²) in [4.78, 5) is 36.1. The summed E-state index contributed by atoms with van der Waals surface area (Å²) in [6.07, 6.45) is -5.07. The fourth-order valence-corrected chi connectivity index (χ4v) is 3.60. The summed E-state index contributed by atoms with van der Waals surface area (Å²) < 4.78 is 32.3. The molecule has 0 bridgehead atoms. The van der Waals surface area contributed by atoms with Crippen molar-refractivity contribution < 1.29 is 58.1 Å². The first-order valence-corrected chi connectivity index (χ1v) is 10.4. The first-order chi connectivity index (χ1) is 15.6. The molecule has 0 radical (unpaired) electrons. The minimum absolute atomic E-state index is 0.255. The molecule has 0 amide bonds. The third kappa shape index (κ3) is 6.40. The summed E-state index contributed by atoms with van der Waals surface area (Å²) in [7, 11) is 0. The van der Waals surface area contributed by atoms with Crippen molar-refractivity contribution >= 4 is 17.9 Å². The van der Waals surface area contributed by atoms with Gasteiger partial charge in [-0.3, -0.25) is 9.59 Å². The Hall–Kier alpha value is -2.29. The lowest BCUT2D eigenvalue weighted by atomic mass is 9.88. The van der Waals surface area contributed by atoms with Crippen molar-refractivity contribution in [1.82, 2.24) is 0 Å². The predicted molar refractivity (Wildman–Crippen MR) is 107 cm³/mol. The van der Waals surface area contributed by atoms with E-state index >= 15 is 0 Å². The van der Waals surface area contributed by atoms with Crippen molar-refractivity contribution in [3.63, 3.8) is 0 Å². The smallest absolute Gasteiger partial charge is 0.367 e. The van der Waals surface area contributed by atoms with Gasteiger partial charge in [-0.2, -0.15) is 0 Å². The lowest BCUT2D eigenvalue weighted by molar-refractivity contribution is -0.337. The zero-order chi connectivity index (χ0) is 24.8. The molecule has 2 aliphatic rings. The van der Waals surface area contributed by atoms with Crippen LogP contribution in [0.5, 0.6) is 0 Å². The number of cyclic esters (lactones) is 1. The number of ether oxygens (including phenoxy) is 6. The summed E-state index contributed by atoms with van der Waals surface area (Å²) in [5, 5.41) is 29.8. The van der Waals surface area contributed by atoms with E-state index in [9.17, 15) is 29.7 Å².